The van der Waals surface area contributed by atoms with Crippen molar-refractivity contribution in [1.29, 1.82) is 0 Å². The minimum atomic E-state index is -0.610. The Bertz CT molecular complexity index is 784. The van der Waals surface area contributed by atoms with Crippen molar-refractivity contribution in [3.05, 3.63) is 22.7 Å². The summed E-state index contributed by atoms with van der Waals surface area (Å²) in [5.74, 6) is -0.438. The number of H-pyrrole nitrogens is 1. The minimum absolute atomic E-state index is 0.107. The Labute approximate surface area is 145 Å². The maximum absolute atomic E-state index is 12.1. The van der Waals surface area contributed by atoms with Crippen LogP contribution in [-0.4, -0.2) is 19.2 Å². The molecular weight excluding hydrogens is 470 g/mol. The van der Waals surface area contributed by atoms with E-state index >= 15 is 0 Å². The van der Waals surface area contributed by atoms with Gasteiger partial charge >= 0.3 is 0 Å². The molecule has 3 rings (SSSR count). The fraction of sp³-hybridized carbons (Fsp3) is 0.308. The van der Waals surface area contributed by atoms with E-state index in [0.29, 0.717) is 11.8 Å². The Balaban J connectivity index is 1.94. The van der Waals surface area contributed by atoms with E-state index in [0.717, 1.165) is 9.99 Å². The summed E-state index contributed by atoms with van der Waals surface area (Å²) in [6.07, 6.45) is 0.644. The third-order valence-corrected chi connectivity index (χ3v) is 6.49. The first-order valence-electron chi connectivity index (χ1n) is 6.09. The van der Waals surface area contributed by atoms with E-state index in [1.165, 1.54) is 0 Å². The number of aromatic amines is 1. The summed E-state index contributed by atoms with van der Waals surface area (Å²) in [5, 5.41) is 18.3. The van der Waals surface area contributed by atoms with Gasteiger partial charge in [-0.1, -0.05) is 47.8 Å². The van der Waals surface area contributed by atoms with E-state index in [9.17, 15) is 9.90 Å². The van der Waals surface area contributed by atoms with Crippen molar-refractivity contribution in [2.24, 2.45) is 15.6 Å². The number of fused-ring (bicyclic) bond motifs is 1. The van der Waals surface area contributed by atoms with Crippen LogP contribution in [0.15, 0.2) is 32.9 Å². The zero-order chi connectivity index (χ0) is 15.4. The van der Waals surface area contributed by atoms with Crippen molar-refractivity contribution in [2.45, 2.75) is 16.6 Å². The summed E-state index contributed by atoms with van der Waals surface area (Å²) in [4.78, 5) is 14.9. The molecule has 2 aromatic rings. The number of aromatic hydroxyl groups is 1. The summed E-state index contributed by atoms with van der Waals surface area (Å²) in [6.45, 7) is 1.81. The Morgan fingerprint density at radius 2 is 2.10 bits per heavy atom. The number of nitrogens with zero attached hydrogens (tertiary/aromatic N) is 2. The first kappa shape index (κ1) is 15.2. The van der Waals surface area contributed by atoms with Gasteiger partial charge in [0.2, 0.25) is 5.88 Å². The number of azo groups is 1. The van der Waals surface area contributed by atoms with Gasteiger partial charge in [-0.15, -0.1) is 10.2 Å². The van der Waals surface area contributed by atoms with Crippen molar-refractivity contribution in [3.63, 3.8) is 0 Å². The third-order valence-electron chi connectivity index (χ3n) is 3.68. The Kier molecular flexibility index (Phi) is 3.53. The van der Waals surface area contributed by atoms with Crippen LogP contribution in [0.2, 0.25) is 0 Å². The molecule has 8 heteroatoms. The first-order chi connectivity index (χ1) is 9.74. The van der Waals surface area contributed by atoms with Crippen molar-refractivity contribution in [1.82, 2.24) is 4.98 Å². The third kappa shape index (κ3) is 2.47. The highest BCUT2D eigenvalue weighted by Gasteiger charge is 2.67. The van der Waals surface area contributed by atoms with E-state index in [4.69, 9.17) is 0 Å². The molecule has 2 N–H and O–H groups in total. The Morgan fingerprint density at radius 3 is 2.71 bits per heavy atom. The molecule has 0 aliphatic heterocycles. The van der Waals surface area contributed by atoms with Crippen LogP contribution in [0.5, 0.6) is 5.88 Å². The summed E-state index contributed by atoms with van der Waals surface area (Å²) in [7, 11) is 0. The molecule has 1 aromatic heterocycles. The predicted molar refractivity (Wildman–Crippen MR) is 90.5 cm³/mol. The molecule has 21 heavy (non-hydrogen) atoms. The fourth-order valence-corrected chi connectivity index (χ4v) is 3.90. The quantitative estimate of drug-likeness (QED) is 0.462. The largest absolute Gasteiger partial charge is 0.493 e. The number of amides is 1. The molecule has 0 saturated heterocycles. The number of carbonyl (C=O) groups excluding carboxylic acids is 1. The number of rotatable bonds is 2. The van der Waals surface area contributed by atoms with Crippen LogP contribution in [0.3, 0.4) is 0 Å². The van der Waals surface area contributed by atoms with Gasteiger partial charge in [-0.2, -0.15) is 0 Å². The van der Waals surface area contributed by atoms with Crippen LogP contribution < -0.4 is 0 Å². The van der Waals surface area contributed by atoms with E-state index in [2.05, 4.69) is 63.0 Å². The number of nitrogens with one attached hydrogen (secondary N) is 1. The molecule has 1 heterocycles. The number of halogens is 3. The van der Waals surface area contributed by atoms with Crippen LogP contribution in [0, 0.1) is 5.41 Å². The summed E-state index contributed by atoms with van der Waals surface area (Å²) >= 11 is 10.2. The molecule has 1 amide bonds. The molecule has 0 spiro atoms. The molecule has 1 aromatic carbocycles. The molecular formula is C13H10Br3N3O2. The molecule has 1 saturated carbocycles. The fourth-order valence-electron chi connectivity index (χ4n) is 2.08. The zero-order valence-corrected chi connectivity index (χ0v) is 15.6. The van der Waals surface area contributed by atoms with Crippen molar-refractivity contribution >= 4 is 70.3 Å². The lowest BCUT2D eigenvalue weighted by Crippen LogP contribution is -2.14. The molecule has 1 fully saturated rings. The molecule has 1 aliphatic rings. The lowest BCUT2D eigenvalue weighted by molar-refractivity contribution is -0.122. The summed E-state index contributed by atoms with van der Waals surface area (Å²) < 4.78 is 0.473. The van der Waals surface area contributed by atoms with Crippen LogP contribution >= 0.6 is 47.8 Å². The zero-order valence-electron chi connectivity index (χ0n) is 10.8. The Hall–Kier alpha value is -0.730. The van der Waals surface area contributed by atoms with Crippen LogP contribution in [0.4, 0.5) is 5.69 Å². The predicted octanol–water partition coefficient (Wildman–Crippen LogP) is 5.14. The van der Waals surface area contributed by atoms with Gasteiger partial charge in [-0.05, 0) is 31.5 Å². The number of carbonyl (C=O) groups is 1. The summed E-state index contributed by atoms with van der Waals surface area (Å²) in [5.41, 5.74) is 0.377. The van der Waals surface area contributed by atoms with E-state index in [1.54, 1.807) is 6.07 Å². The number of hydrogen-bond donors (Lipinski definition) is 2. The average Bonchev–Trinajstić information content (AvgIpc) is 2.76. The molecule has 5 nitrogen and oxygen atoms in total. The van der Waals surface area contributed by atoms with Crippen molar-refractivity contribution in [3.8, 4) is 5.88 Å². The maximum Gasteiger partial charge on any atom is 0.272 e. The monoisotopic (exact) mass is 477 g/mol. The second kappa shape index (κ2) is 4.89. The number of benzene rings is 1. The molecule has 1 atom stereocenters. The number of aromatic nitrogens is 1. The van der Waals surface area contributed by atoms with E-state index < -0.39 is 8.65 Å². The SMILES string of the molecule is C[C@]1(C(=O)N=Nc2c(O)[nH]c3cc(Br)ccc23)CC1(Br)Br. The van der Waals surface area contributed by atoms with Gasteiger partial charge in [0.05, 0.1) is 14.2 Å². The molecule has 0 radical (unpaired) electrons. The highest BCUT2D eigenvalue weighted by molar-refractivity contribution is 9.25. The number of alkyl halides is 2. The molecule has 0 unspecified atom stereocenters. The first-order valence-corrected chi connectivity index (χ1v) is 8.47. The average molecular weight is 480 g/mol. The van der Waals surface area contributed by atoms with Gasteiger partial charge in [0, 0.05) is 9.86 Å². The lowest BCUT2D eigenvalue weighted by Gasteiger charge is -2.05. The van der Waals surface area contributed by atoms with Gasteiger partial charge in [-0.3, -0.25) is 4.79 Å². The highest BCUT2D eigenvalue weighted by Crippen LogP contribution is 2.66. The minimum Gasteiger partial charge on any atom is -0.493 e. The van der Waals surface area contributed by atoms with Crippen molar-refractivity contribution < 1.29 is 9.90 Å². The highest BCUT2D eigenvalue weighted by atomic mass is 79.9. The molecule has 110 valence electrons. The van der Waals surface area contributed by atoms with Gasteiger partial charge in [0.25, 0.3) is 5.91 Å². The van der Waals surface area contributed by atoms with Gasteiger partial charge in [-0.25, -0.2) is 0 Å². The maximum atomic E-state index is 12.1. The van der Waals surface area contributed by atoms with Crippen molar-refractivity contribution in [2.75, 3.05) is 0 Å². The summed E-state index contributed by atoms with van der Waals surface area (Å²) in [6, 6.07) is 5.45. The van der Waals surface area contributed by atoms with Crippen LogP contribution in [-0.2, 0) is 4.79 Å². The van der Waals surface area contributed by atoms with Gasteiger partial charge < -0.3 is 10.1 Å². The molecule has 0 bridgehead atoms. The molecule has 1 aliphatic carbocycles. The normalized spacial score (nSPS) is 23.8. The topological polar surface area (TPSA) is 77.8 Å². The Morgan fingerprint density at radius 1 is 1.43 bits per heavy atom. The second-order valence-electron chi connectivity index (χ2n) is 5.23. The van der Waals surface area contributed by atoms with Gasteiger partial charge in [0.1, 0.15) is 0 Å². The second-order valence-corrected chi connectivity index (χ2v) is 9.92. The lowest BCUT2D eigenvalue weighted by atomic mass is 10.1. The number of hydrogen-bond acceptors (Lipinski definition) is 3. The standard InChI is InChI=1S/C13H10Br3N3O2/c1-12(5-13(12,15)16)11(21)19-18-9-7-3-2-6(14)4-8(7)17-10(9)20/h2-4,17,20H,5H2,1H3/t12-/m1/s1. The van der Waals surface area contributed by atoms with Crippen LogP contribution in [0.25, 0.3) is 10.9 Å². The smallest absolute Gasteiger partial charge is 0.272 e. The van der Waals surface area contributed by atoms with Crippen LogP contribution in [0.1, 0.15) is 13.3 Å². The van der Waals surface area contributed by atoms with E-state index in [-0.39, 0.29) is 17.5 Å². The van der Waals surface area contributed by atoms with Gasteiger partial charge in [0.15, 0.2) is 5.69 Å². The van der Waals surface area contributed by atoms with E-state index in [1.807, 2.05) is 19.1 Å².